The van der Waals surface area contributed by atoms with Gasteiger partial charge in [0.05, 0.1) is 10.0 Å². The molecule has 0 saturated carbocycles. The molecule has 0 fully saturated rings. The lowest BCUT2D eigenvalue weighted by atomic mass is 10.1. The van der Waals surface area contributed by atoms with Gasteiger partial charge in [0.1, 0.15) is 11.5 Å². The minimum Gasteiger partial charge on any atom is -0.455 e. The Balaban J connectivity index is 2.28. The van der Waals surface area contributed by atoms with E-state index >= 15 is 0 Å². The molecule has 106 valence electrons. The van der Waals surface area contributed by atoms with Crippen LogP contribution in [0.15, 0.2) is 34.8 Å². The Morgan fingerprint density at radius 1 is 1.10 bits per heavy atom. The van der Waals surface area contributed by atoms with Crippen LogP contribution in [0, 0.1) is 6.92 Å². The molecule has 0 saturated heterocycles. The van der Waals surface area contributed by atoms with Crippen LogP contribution < -0.4 is 10.5 Å². The minimum absolute atomic E-state index is 0.506. The van der Waals surface area contributed by atoms with Crippen LogP contribution in [0.3, 0.4) is 0 Å². The highest BCUT2D eigenvalue weighted by atomic mass is 79.9. The molecular weight excluding hydrogens is 361 g/mol. The molecule has 0 bridgehead atoms. The molecule has 2 rings (SSSR count). The third kappa shape index (κ3) is 3.67. The highest BCUT2D eigenvalue weighted by molar-refractivity contribution is 9.10. The van der Waals surface area contributed by atoms with E-state index in [0.717, 1.165) is 22.2 Å². The van der Waals surface area contributed by atoms with Crippen molar-refractivity contribution in [2.75, 3.05) is 6.54 Å². The number of hydrogen-bond acceptors (Lipinski definition) is 2. The number of ether oxygens (including phenoxy) is 1. The van der Waals surface area contributed by atoms with E-state index in [0.29, 0.717) is 22.3 Å². The third-order valence-corrected chi connectivity index (χ3v) is 4.36. The molecule has 2 nitrogen and oxygen atoms in total. The maximum Gasteiger partial charge on any atom is 0.147 e. The fourth-order valence-corrected chi connectivity index (χ4v) is 2.68. The molecule has 0 atom stereocenters. The number of halogens is 3. The van der Waals surface area contributed by atoms with Crippen LogP contribution in [-0.4, -0.2) is 6.54 Å². The third-order valence-electron chi connectivity index (χ3n) is 2.87. The van der Waals surface area contributed by atoms with Gasteiger partial charge in [-0.1, -0.05) is 35.3 Å². The molecule has 20 heavy (non-hydrogen) atoms. The maximum absolute atomic E-state index is 6.15. The summed E-state index contributed by atoms with van der Waals surface area (Å²) in [5, 5.41) is 1.06. The van der Waals surface area contributed by atoms with Crippen LogP contribution in [0.2, 0.25) is 10.0 Å². The quantitative estimate of drug-likeness (QED) is 0.731. The van der Waals surface area contributed by atoms with Crippen LogP contribution >= 0.6 is 39.1 Å². The van der Waals surface area contributed by atoms with E-state index < -0.39 is 0 Å². The molecule has 0 aliphatic carbocycles. The summed E-state index contributed by atoms with van der Waals surface area (Å²) >= 11 is 15.5. The van der Waals surface area contributed by atoms with Gasteiger partial charge in [0.2, 0.25) is 0 Å². The van der Waals surface area contributed by atoms with E-state index in [1.807, 2.05) is 19.1 Å². The molecular formula is C15H14BrCl2NO. The van der Waals surface area contributed by atoms with Gasteiger partial charge in [-0.25, -0.2) is 0 Å². The van der Waals surface area contributed by atoms with Crippen LogP contribution in [-0.2, 0) is 6.42 Å². The first-order valence-electron chi connectivity index (χ1n) is 6.13. The summed E-state index contributed by atoms with van der Waals surface area (Å²) in [4.78, 5) is 0. The Morgan fingerprint density at radius 3 is 2.50 bits per heavy atom. The van der Waals surface area contributed by atoms with Crippen LogP contribution in [0.4, 0.5) is 0 Å². The lowest BCUT2D eigenvalue weighted by molar-refractivity contribution is 0.479. The second kappa shape index (κ2) is 6.81. The summed E-state index contributed by atoms with van der Waals surface area (Å²) in [6, 6.07) is 9.41. The summed E-state index contributed by atoms with van der Waals surface area (Å²) in [6.07, 6.45) is 0.853. The number of benzene rings is 2. The van der Waals surface area contributed by atoms with E-state index in [1.165, 1.54) is 5.56 Å². The lowest BCUT2D eigenvalue weighted by Gasteiger charge is -2.12. The first-order valence-corrected chi connectivity index (χ1v) is 7.68. The summed E-state index contributed by atoms with van der Waals surface area (Å²) in [6.45, 7) is 2.62. The predicted molar refractivity (Wildman–Crippen MR) is 88.2 cm³/mol. The van der Waals surface area contributed by atoms with Crippen molar-refractivity contribution in [3.05, 3.63) is 56.0 Å². The number of hydrogen-bond donors (Lipinski definition) is 1. The zero-order valence-corrected chi connectivity index (χ0v) is 14.0. The highest BCUT2D eigenvalue weighted by Gasteiger charge is 2.09. The number of rotatable bonds is 4. The molecule has 0 heterocycles. The van der Waals surface area contributed by atoms with Crippen molar-refractivity contribution in [1.82, 2.24) is 0 Å². The fourth-order valence-electron chi connectivity index (χ4n) is 1.85. The molecule has 0 spiro atoms. The van der Waals surface area contributed by atoms with Crippen molar-refractivity contribution < 1.29 is 4.74 Å². The zero-order valence-electron chi connectivity index (χ0n) is 10.9. The molecule has 0 unspecified atom stereocenters. The van der Waals surface area contributed by atoms with Gasteiger partial charge in [-0.15, -0.1) is 0 Å². The van der Waals surface area contributed by atoms with Crippen molar-refractivity contribution in [3.8, 4) is 11.5 Å². The first kappa shape index (κ1) is 15.6. The number of aryl methyl sites for hydroxylation is 1. The molecule has 2 N–H and O–H groups in total. The summed E-state index contributed by atoms with van der Waals surface area (Å²) in [5.74, 6) is 1.29. The van der Waals surface area contributed by atoms with Gasteiger partial charge in [0.15, 0.2) is 0 Å². The molecule has 0 aliphatic rings. The second-order valence-corrected chi connectivity index (χ2v) is 6.11. The monoisotopic (exact) mass is 373 g/mol. The molecule has 2 aromatic carbocycles. The standard InChI is InChI=1S/C15H14BrCl2NO/c1-9-6-10(4-5-19)2-3-14(9)20-15-8-12(17)11(16)7-13(15)18/h2-3,6-8H,4-5,19H2,1H3. The largest absolute Gasteiger partial charge is 0.455 e. The van der Waals surface area contributed by atoms with Crippen molar-refractivity contribution in [1.29, 1.82) is 0 Å². The Morgan fingerprint density at radius 2 is 1.85 bits per heavy atom. The lowest BCUT2D eigenvalue weighted by Crippen LogP contribution is -2.02. The zero-order chi connectivity index (χ0) is 14.7. The van der Waals surface area contributed by atoms with Crippen LogP contribution in [0.1, 0.15) is 11.1 Å². The van der Waals surface area contributed by atoms with E-state index in [1.54, 1.807) is 12.1 Å². The van der Waals surface area contributed by atoms with Gasteiger partial charge in [-0.05, 0) is 59.1 Å². The van der Waals surface area contributed by atoms with Gasteiger partial charge in [0, 0.05) is 10.5 Å². The summed E-state index contributed by atoms with van der Waals surface area (Å²) < 4.78 is 6.58. The Bertz CT molecular complexity index is 632. The average molecular weight is 375 g/mol. The maximum atomic E-state index is 6.15. The van der Waals surface area contributed by atoms with Gasteiger partial charge in [-0.3, -0.25) is 0 Å². The Labute approximate surface area is 137 Å². The van der Waals surface area contributed by atoms with Gasteiger partial charge in [0.25, 0.3) is 0 Å². The van der Waals surface area contributed by atoms with E-state index in [9.17, 15) is 0 Å². The molecule has 2 aromatic rings. The first-order chi connectivity index (χ1) is 9.51. The minimum atomic E-state index is 0.506. The van der Waals surface area contributed by atoms with E-state index in [-0.39, 0.29) is 0 Å². The van der Waals surface area contributed by atoms with Gasteiger partial charge >= 0.3 is 0 Å². The second-order valence-electron chi connectivity index (χ2n) is 4.44. The molecule has 0 aliphatic heterocycles. The fraction of sp³-hybridized carbons (Fsp3) is 0.200. The Kier molecular flexibility index (Phi) is 5.33. The van der Waals surface area contributed by atoms with E-state index in [2.05, 4.69) is 22.0 Å². The average Bonchev–Trinajstić information content (AvgIpc) is 2.39. The Hall–Kier alpha value is -0.740. The number of nitrogens with two attached hydrogens (primary N) is 1. The summed E-state index contributed by atoms with van der Waals surface area (Å²) in [7, 11) is 0. The van der Waals surface area contributed by atoms with Crippen LogP contribution in [0.5, 0.6) is 11.5 Å². The van der Waals surface area contributed by atoms with Gasteiger partial charge in [-0.2, -0.15) is 0 Å². The molecule has 0 aromatic heterocycles. The van der Waals surface area contributed by atoms with Gasteiger partial charge < -0.3 is 10.5 Å². The van der Waals surface area contributed by atoms with Crippen molar-refractivity contribution in [2.24, 2.45) is 5.73 Å². The van der Waals surface area contributed by atoms with Crippen molar-refractivity contribution in [3.63, 3.8) is 0 Å². The topological polar surface area (TPSA) is 35.2 Å². The smallest absolute Gasteiger partial charge is 0.147 e. The van der Waals surface area contributed by atoms with Crippen molar-refractivity contribution >= 4 is 39.1 Å². The highest BCUT2D eigenvalue weighted by Crippen LogP contribution is 2.37. The SMILES string of the molecule is Cc1cc(CCN)ccc1Oc1cc(Cl)c(Br)cc1Cl. The predicted octanol–water partition coefficient (Wildman–Crippen LogP) is 5.36. The molecule has 5 heteroatoms. The van der Waals surface area contributed by atoms with E-state index in [4.69, 9.17) is 33.7 Å². The normalized spacial score (nSPS) is 10.7. The van der Waals surface area contributed by atoms with Crippen LogP contribution in [0.25, 0.3) is 0 Å². The summed E-state index contributed by atoms with van der Waals surface area (Å²) in [5.41, 5.74) is 7.78. The molecule has 0 amide bonds. The molecule has 0 radical (unpaired) electrons. The van der Waals surface area contributed by atoms with Crippen molar-refractivity contribution in [2.45, 2.75) is 13.3 Å².